The Morgan fingerprint density at radius 3 is 2.68 bits per heavy atom. The number of nitrogens with one attached hydrogen (secondary N) is 1. The lowest BCUT2D eigenvalue weighted by Crippen LogP contribution is -2.57. The molecule has 4 heteroatoms. The summed E-state index contributed by atoms with van der Waals surface area (Å²) >= 11 is 0. The first-order valence-corrected chi connectivity index (χ1v) is 6.90. The average Bonchev–Trinajstić information content (AvgIpc) is 2.42. The number of ether oxygens (including phenoxy) is 1. The normalized spacial score (nSPS) is 23.2. The Morgan fingerprint density at radius 2 is 2.05 bits per heavy atom. The molecule has 1 heterocycles. The summed E-state index contributed by atoms with van der Waals surface area (Å²) in [6, 6.07) is 7.94. The van der Waals surface area contributed by atoms with E-state index in [-0.39, 0.29) is 11.9 Å². The minimum Gasteiger partial charge on any atom is -0.494 e. The molecule has 4 nitrogen and oxygen atoms in total. The SMILES string of the molecule is CCOc1ccc(C(=O)N2CCNC(C)C2C)cc1. The summed E-state index contributed by atoms with van der Waals surface area (Å²) in [5.74, 6) is 0.907. The van der Waals surface area contributed by atoms with E-state index in [1.807, 2.05) is 36.1 Å². The molecule has 1 aromatic rings. The van der Waals surface area contributed by atoms with Crippen molar-refractivity contribution in [3.63, 3.8) is 0 Å². The fraction of sp³-hybridized carbons (Fsp3) is 0.533. The standard InChI is InChI=1S/C15H22N2O2/c1-4-19-14-7-5-13(6-8-14)15(18)17-10-9-16-11(2)12(17)3/h5-8,11-12,16H,4,9-10H2,1-3H3. The summed E-state index contributed by atoms with van der Waals surface area (Å²) in [6.07, 6.45) is 0. The fourth-order valence-electron chi connectivity index (χ4n) is 2.37. The van der Waals surface area contributed by atoms with Crippen LogP contribution in [0.25, 0.3) is 0 Å². The Labute approximate surface area is 114 Å². The monoisotopic (exact) mass is 262 g/mol. The molecule has 104 valence electrons. The minimum atomic E-state index is 0.101. The van der Waals surface area contributed by atoms with Crippen LogP contribution in [0.3, 0.4) is 0 Å². The molecular formula is C15H22N2O2. The zero-order chi connectivity index (χ0) is 13.8. The van der Waals surface area contributed by atoms with Gasteiger partial charge in [-0.05, 0) is 45.0 Å². The Morgan fingerprint density at radius 1 is 1.37 bits per heavy atom. The third-order valence-electron chi connectivity index (χ3n) is 3.71. The molecule has 0 spiro atoms. The molecule has 2 atom stereocenters. The van der Waals surface area contributed by atoms with Crippen molar-refractivity contribution in [2.45, 2.75) is 32.9 Å². The zero-order valence-corrected chi connectivity index (χ0v) is 11.8. The Hall–Kier alpha value is -1.55. The molecule has 1 aliphatic heterocycles. The van der Waals surface area contributed by atoms with E-state index in [1.54, 1.807) is 0 Å². The highest BCUT2D eigenvalue weighted by Crippen LogP contribution is 2.17. The molecule has 0 aromatic heterocycles. The maximum atomic E-state index is 12.5. The molecule has 1 amide bonds. The summed E-state index contributed by atoms with van der Waals surface area (Å²) in [7, 11) is 0. The second kappa shape index (κ2) is 6.06. The van der Waals surface area contributed by atoms with E-state index >= 15 is 0 Å². The second-order valence-corrected chi connectivity index (χ2v) is 4.94. The third-order valence-corrected chi connectivity index (χ3v) is 3.71. The van der Waals surface area contributed by atoms with Crippen LogP contribution in [0.2, 0.25) is 0 Å². The van der Waals surface area contributed by atoms with Gasteiger partial charge in [0.15, 0.2) is 0 Å². The fourth-order valence-corrected chi connectivity index (χ4v) is 2.37. The van der Waals surface area contributed by atoms with Gasteiger partial charge in [-0.2, -0.15) is 0 Å². The van der Waals surface area contributed by atoms with Crippen molar-refractivity contribution >= 4 is 5.91 Å². The summed E-state index contributed by atoms with van der Waals surface area (Å²) in [5.41, 5.74) is 0.726. The van der Waals surface area contributed by atoms with Crippen molar-refractivity contribution in [1.82, 2.24) is 10.2 Å². The first-order valence-electron chi connectivity index (χ1n) is 6.90. The molecule has 19 heavy (non-hydrogen) atoms. The number of hydrogen-bond donors (Lipinski definition) is 1. The van der Waals surface area contributed by atoms with E-state index in [0.29, 0.717) is 12.6 Å². The van der Waals surface area contributed by atoms with Gasteiger partial charge in [-0.15, -0.1) is 0 Å². The number of nitrogens with zero attached hydrogens (tertiary/aromatic N) is 1. The predicted octanol–water partition coefficient (Wildman–Crippen LogP) is 1.91. The number of carbonyl (C=O) groups excluding carboxylic acids is 1. The smallest absolute Gasteiger partial charge is 0.254 e. The maximum Gasteiger partial charge on any atom is 0.254 e. The van der Waals surface area contributed by atoms with E-state index < -0.39 is 0 Å². The van der Waals surface area contributed by atoms with E-state index in [9.17, 15) is 4.79 Å². The largest absolute Gasteiger partial charge is 0.494 e. The summed E-state index contributed by atoms with van der Waals surface area (Å²) < 4.78 is 5.39. The summed E-state index contributed by atoms with van der Waals surface area (Å²) in [6.45, 7) is 8.40. The number of rotatable bonds is 3. The molecule has 2 unspecified atom stereocenters. The van der Waals surface area contributed by atoms with Gasteiger partial charge in [-0.3, -0.25) is 4.79 Å². The van der Waals surface area contributed by atoms with Crippen molar-refractivity contribution in [1.29, 1.82) is 0 Å². The van der Waals surface area contributed by atoms with Gasteiger partial charge < -0.3 is 15.0 Å². The van der Waals surface area contributed by atoms with E-state index in [1.165, 1.54) is 0 Å². The Kier molecular flexibility index (Phi) is 4.43. The lowest BCUT2D eigenvalue weighted by molar-refractivity contribution is 0.0603. The highest BCUT2D eigenvalue weighted by Gasteiger charge is 2.28. The molecule has 0 aliphatic carbocycles. The number of carbonyl (C=O) groups is 1. The van der Waals surface area contributed by atoms with E-state index in [0.717, 1.165) is 24.4 Å². The van der Waals surface area contributed by atoms with Crippen LogP contribution in [0.15, 0.2) is 24.3 Å². The van der Waals surface area contributed by atoms with Gasteiger partial charge in [0.1, 0.15) is 5.75 Å². The zero-order valence-electron chi connectivity index (χ0n) is 11.8. The van der Waals surface area contributed by atoms with Gasteiger partial charge >= 0.3 is 0 Å². The second-order valence-electron chi connectivity index (χ2n) is 4.94. The molecule has 1 saturated heterocycles. The topological polar surface area (TPSA) is 41.6 Å². The van der Waals surface area contributed by atoms with Crippen molar-refractivity contribution < 1.29 is 9.53 Å². The van der Waals surface area contributed by atoms with Crippen LogP contribution in [-0.2, 0) is 0 Å². The van der Waals surface area contributed by atoms with Crippen LogP contribution in [0, 0.1) is 0 Å². The van der Waals surface area contributed by atoms with Gasteiger partial charge in [0.2, 0.25) is 0 Å². The van der Waals surface area contributed by atoms with Crippen LogP contribution in [0.1, 0.15) is 31.1 Å². The highest BCUT2D eigenvalue weighted by molar-refractivity contribution is 5.94. The molecular weight excluding hydrogens is 240 g/mol. The molecule has 1 aliphatic rings. The summed E-state index contributed by atoms with van der Waals surface area (Å²) in [5, 5.41) is 3.38. The molecule has 1 aromatic carbocycles. The van der Waals surface area contributed by atoms with E-state index in [2.05, 4.69) is 19.2 Å². The number of piperazine rings is 1. The number of amides is 1. The van der Waals surface area contributed by atoms with Gasteiger partial charge in [0.05, 0.1) is 6.61 Å². The molecule has 1 fully saturated rings. The lowest BCUT2D eigenvalue weighted by atomic mass is 10.1. The third kappa shape index (κ3) is 3.07. The van der Waals surface area contributed by atoms with Crippen LogP contribution >= 0.6 is 0 Å². The molecule has 0 radical (unpaired) electrons. The first kappa shape index (κ1) is 13.9. The van der Waals surface area contributed by atoms with Crippen molar-refractivity contribution in [2.24, 2.45) is 0 Å². The molecule has 1 N–H and O–H groups in total. The van der Waals surface area contributed by atoms with Crippen LogP contribution < -0.4 is 10.1 Å². The lowest BCUT2D eigenvalue weighted by Gasteiger charge is -2.38. The van der Waals surface area contributed by atoms with Crippen LogP contribution in [0.4, 0.5) is 0 Å². The van der Waals surface area contributed by atoms with Crippen molar-refractivity contribution in [3.8, 4) is 5.75 Å². The minimum absolute atomic E-state index is 0.101. The molecule has 2 rings (SSSR count). The quantitative estimate of drug-likeness (QED) is 0.904. The number of hydrogen-bond acceptors (Lipinski definition) is 3. The summed E-state index contributed by atoms with van der Waals surface area (Å²) in [4.78, 5) is 14.4. The predicted molar refractivity (Wildman–Crippen MR) is 75.6 cm³/mol. The molecule has 0 saturated carbocycles. The van der Waals surface area contributed by atoms with Gasteiger partial charge in [-0.25, -0.2) is 0 Å². The Bertz CT molecular complexity index is 430. The highest BCUT2D eigenvalue weighted by atomic mass is 16.5. The van der Waals surface area contributed by atoms with Crippen molar-refractivity contribution in [3.05, 3.63) is 29.8 Å². The van der Waals surface area contributed by atoms with Gasteiger partial charge in [0, 0.05) is 30.7 Å². The first-order chi connectivity index (χ1) is 9.13. The van der Waals surface area contributed by atoms with Gasteiger partial charge in [-0.1, -0.05) is 0 Å². The van der Waals surface area contributed by atoms with Crippen molar-refractivity contribution in [2.75, 3.05) is 19.7 Å². The van der Waals surface area contributed by atoms with Crippen LogP contribution in [0.5, 0.6) is 5.75 Å². The van der Waals surface area contributed by atoms with Gasteiger partial charge in [0.25, 0.3) is 5.91 Å². The maximum absolute atomic E-state index is 12.5. The Balaban J connectivity index is 2.10. The molecule has 0 bridgehead atoms. The average molecular weight is 262 g/mol. The number of benzene rings is 1. The van der Waals surface area contributed by atoms with E-state index in [4.69, 9.17) is 4.74 Å². The van der Waals surface area contributed by atoms with Crippen LogP contribution in [-0.4, -0.2) is 42.6 Å².